The Morgan fingerprint density at radius 2 is 1.45 bits per heavy atom. The summed E-state index contributed by atoms with van der Waals surface area (Å²) in [5.74, 6) is -2.51. The van der Waals surface area contributed by atoms with Gasteiger partial charge in [0, 0.05) is 31.5 Å². The Kier molecular flexibility index (Phi) is 19.6. The first-order chi connectivity index (χ1) is 20.1. The topological polar surface area (TPSA) is 247 Å². The standard InChI is InChI=1S/C28H52N8O6/c29-10-4-7-22(30)27(41)34-16-6-14-33-13-5-12-32-11-2-1-3-15-35-28(42)23(19-25(31)39)36-26(40)17-20-8-9-21(37)18-24(20)38/h9,18,20,22-23,32-33,37-38H,1-8,10-17,19,29-30H2,(H2,31,39)(H,34,41)(H,35,42)(H,36,40). The van der Waals surface area contributed by atoms with Gasteiger partial charge >= 0.3 is 0 Å². The normalized spacial score (nSPS) is 16.1. The molecule has 13 N–H and O–H groups in total. The first-order valence-electron chi connectivity index (χ1n) is 14.9. The highest BCUT2D eigenvalue weighted by atomic mass is 16.3. The maximum Gasteiger partial charge on any atom is 0.243 e. The lowest BCUT2D eigenvalue weighted by Gasteiger charge is -2.21. The summed E-state index contributed by atoms with van der Waals surface area (Å²) in [5, 5.41) is 34.2. The van der Waals surface area contributed by atoms with Gasteiger partial charge in [0.25, 0.3) is 0 Å². The van der Waals surface area contributed by atoms with Crippen LogP contribution in [0.3, 0.4) is 0 Å². The van der Waals surface area contributed by atoms with Crippen molar-refractivity contribution in [3.8, 4) is 0 Å². The molecule has 0 saturated heterocycles. The van der Waals surface area contributed by atoms with Gasteiger partial charge in [-0.2, -0.15) is 0 Å². The van der Waals surface area contributed by atoms with E-state index in [0.717, 1.165) is 64.7 Å². The fourth-order valence-electron chi connectivity index (χ4n) is 4.29. The largest absolute Gasteiger partial charge is 0.512 e. The second kappa shape index (κ2) is 22.4. The van der Waals surface area contributed by atoms with Gasteiger partial charge in [-0.3, -0.25) is 19.2 Å². The van der Waals surface area contributed by atoms with Crippen molar-refractivity contribution >= 4 is 23.6 Å². The lowest BCUT2D eigenvalue weighted by molar-refractivity contribution is -0.131. The van der Waals surface area contributed by atoms with Gasteiger partial charge in [-0.25, -0.2) is 0 Å². The molecule has 0 aromatic heterocycles. The first-order valence-corrected chi connectivity index (χ1v) is 14.9. The number of primary amides is 1. The Bertz CT molecular complexity index is 898. The van der Waals surface area contributed by atoms with E-state index >= 15 is 0 Å². The number of aliphatic hydroxyl groups is 2. The summed E-state index contributed by atoms with van der Waals surface area (Å²) in [7, 11) is 0. The van der Waals surface area contributed by atoms with Crippen LogP contribution in [0.4, 0.5) is 0 Å². The van der Waals surface area contributed by atoms with Crippen molar-refractivity contribution in [2.45, 2.75) is 76.3 Å². The van der Waals surface area contributed by atoms with Crippen LogP contribution in [-0.4, -0.2) is 91.7 Å². The van der Waals surface area contributed by atoms with E-state index in [1.54, 1.807) is 0 Å². The van der Waals surface area contributed by atoms with E-state index in [4.69, 9.17) is 17.2 Å². The van der Waals surface area contributed by atoms with Crippen LogP contribution >= 0.6 is 0 Å². The fourth-order valence-corrected chi connectivity index (χ4v) is 4.29. The molecule has 0 radical (unpaired) electrons. The maximum absolute atomic E-state index is 12.5. The Morgan fingerprint density at radius 1 is 0.857 bits per heavy atom. The molecule has 0 heterocycles. The van der Waals surface area contributed by atoms with Crippen LogP contribution < -0.4 is 43.8 Å². The zero-order valence-electron chi connectivity index (χ0n) is 24.7. The fraction of sp³-hybridized carbons (Fsp3) is 0.714. The molecule has 1 aliphatic rings. The molecule has 3 unspecified atom stereocenters. The first kappa shape index (κ1) is 36.8. The summed E-state index contributed by atoms with van der Waals surface area (Å²) < 4.78 is 0. The number of allylic oxidation sites excluding steroid dienone is 3. The number of rotatable bonds is 24. The van der Waals surface area contributed by atoms with Gasteiger partial charge in [0.1, 0.15) is 11.8 Å². The zero-order valence-corrected chi connectivity index (χ0v) is 24.7. The molecule has 3 atom stereocenters. The van der Waals surface area contributed by atoms with E-state index < -0.39 is 35.7 Å². The molecule has 0 saturated carbocycles. The number of nitrogens with two attached hydrogens (primary N) is 3. The van der Waals surface area contributed by atoms with Crippen molar-refractivity contribution in [2.75, 3.05) is 45.8 Å². The van der Waals surface area contributed by atoms with Crippen molar-refractivity contribution in [1.82, 2.24) is 26.6 Å². The number of carbonyl (C=O) groups is 4. The van der Waals surface area contributed by atoms with Crippen molar-refractivity contribution in [1.29, 1.82) is 0 Å². The van der Waals surface area contributed by atoms with Gasteiger partial charge in [0.15, 0.2) is 0 Å². The third-order valence-electron chi connectivity index (χ3n) is 6.74. The summed E-state index contributed by atoms with van der Waals surface area (Å²) >= 11 is 0. The quantitative estimate of drug-likeness (QED) is 0.0613. The number of amides is 4. The molecule has 42 heavy (non-hydrogen) atoms. The molecule has 1 rings (SSSR count). The molecule has 0 spiro atoms. The van der Waals surface area contributed by atoms with Crippen molar-refractivity contribution in [3.63, 3.8) is 0 Å². The molecule has 0 aromatic carbocycles. The molecule has 240 valence electrons. The average molecular weight is 597 g/mol. The van der Waals surface area contributed by atoms with Crippen molar-refractivity contribution < 1.29 is 29.4 Å². The van der Waals surface area contributed by atoms with Crippen LogP contribution in [0.1, 0.15) is 64.2 Å². The number of carbonyl (C=O) groups excluding carboxylic acids is 4. The molecule has 0 bridgehead atoms. The summed E-state index contributed by atoms with van der Waals surface area (Å²) in [5.41, 5.74) is 16.5. The predicted molar refractivity (Wildman–Crippen MR) is 161 cm³/mol. The van der Waals surface area contributed by atoms with Gasteiger partial charge in [0.05, 0.1) is 18.2 Å². The third-order valence-corrected chi connectivity index (χ3v) is 6.74. The van der Waals surface area contributed by atoms with Crippen LogP contribution in [0.2, 0.25) is 0 Å². The van der Waals surface area contributed by atoms with Crippen LogP contribution in [-0.2, 0) is 19.2 Å². The Morgan fingerprint density at radius 3 is 2.10 bits per heavy atom. The summed E-state index contributed by atoms with van der Waals surface area (Å²) in [6.07, 6.45) is 8.29. The SMILES string of the molecule is NCCCC(N)C(=O)NCCCNCCCNCCCCCNC(=O)C(CC(N)=O)NC(=O)CC1CC=C(O)C=C1O. The molecular formula is C28H52N8O6. The lowest BCUT2D eigenvalue weighted by atomic mass is 9.94. The highest BCUT2D eigenvalue weighted by Crippen LogP contribution is 2.24. The highest BCUT2D eigenvalue weighted by molar-refractivity contribution is 5.91. The van der Waals surface area contributed by atoms with Gasteiger partial charge < -0.3 is 54.0 Å². The van der Waals surface area contributed by atoms with Crippen LogP contribution in [0.25, 0.3) is 0 Å². The predicted octanol–water partition coefficient (Wildman–Crippen LogP) is -0.931. The Balaban J connectivity index is 2.06. The van der Waals surface area contributed by atoms with E-state index in [0.29, 0.717) is 26.1 Å². The van der Waals surface area contributed by atoms with Gasteiger partial charge in [-0.05, 0) is 83.7 Å². The van der Waals surface area contributed by atoms with E-state index in [1.807, 2.05) is 0 Å². The molecule has 14 nitrogen and oxygen atoms in total. The monoisotopic (exact) mass is 596 g/mol. The van der Waals surface area contributed by atoms with E-state index in [2.05, 4.69) is 26.6 Å². The van der Waals surface area contributed by atoms with Crippen LogP contribution in [0, 0.1) is 5.92 Å². The number of hydrogen-bond acceptors (Lipinski definition) is 10. The summed E-state index contributed by atoms with van der Waals surface area (Å²) in [6.45, 7) is 4.98. The number of unbranched alkanes of at least 4 members (excludes halogenated alkanes) is 2. The van der Waals surface area contributed by atoms with Crippen LogP contribution in [0.5, 0.6) is 0 Å². The van der Waals surface area contributed by atoms with Gasteiger partial charge in [-0.1, -0.05) is 6.42 Å². The van der Waals surface area contributed by atoms with E-state index in [-0.39, 0.29) is 36.7 Å². The van der Waals surface area contributed by atoms with Gasteiger partial charge in [-0.15, -0.1) is 0 Å². The van der Waals surface area contributed by atoms with Crippen molar-refractivity contribution in [3.05, 3.63) is 23.7 Å². The third kappa shape index (κ3) is 17.6. The van der Waals surface area contributed by atoms with E-state index in [1.165, 1.54) is 12.2 Å². The van der Waals surface area contributed by atoms with E-state index in [9.17, 15) is 29.4 Å². The summed E-state index contributed by atoms with van der Waals surface area (Å²) in [6, 6.07) is -1.58. The maximum atomic E-state index is 12.5. The van der Waals surface area contributed by atoms with Gasteiger partial charge in [0.2, 0.25) is 23.6 Å². The lowest BCUT2D eigenvalue weighted by Crippen LogP contribution is -2.49. The smallest absolute Gasteiger partial charge is 0.243 e. The molecule has 0 aliphatic heterocycles. The molecular weight excluding hydrogens is 544 g/mol. The number of nitrogens with one attached hydrogen (secondary N) is 5. The zero-order chi connectivity index (χ0) is 31.2. The molecule has 1 aliphatic carbocycles. The number of aliphatic hydroxyl groups excluding tert-OH is 2. The molecule has 14 heteroatoms. The van der Waals surface area contributed by atoms with Crippen LogP contribution in [0.15, 0.2) is 23.7 Å². The minimum Gasteiger partial charge on any atom is -0.512 e. The highest BCUT2D eigenvalue weighted by Gasteiger charge is 2.26. The molecule has 0 aromatic rings. The molecule has 4 amide bonds. The Hall–Kier alpha value is -3.20. The summed E-state index contributed by atoms with van der Waals surface area (Å²) in [4.78, 5) is 48.2. The average Bonchev–Trinajstić information content (AvgIpc) is 2.94. The number of hydrogen-bond donors (Lipinski definition) is 10. The second-order valence-corrected chi connectivity index (χ2v) is 10.5. The Labute approximate surface area is 248 Å². The minimum atomic E-state index is -1.09. The molecule has 0 fully saturated rings. The van der Waals surface area contributed by atoms with Crippen molar-refractivity contribution in [2.24, 2.45) is 23.1 Å². The minimum absolute atomic E-state index is 0.0634. The second-order valence-electron chi connectivity index (χ2n) is 10.5.